The Bertz CT molecular complexity index is 670. The van der Waals surface area contributed by atoms with Gasteiger partial charge in [0.05, 0.1) is 12.9 Å². The lowest BCUT2D eigenvalue weighted by Crippen LogP contribution is -2.04. The summed E-state index contributed by atoms with van der Waals surface area (Å²) in [5.41, 5.74) is 8.97. The molecule has 1 heterocycles. The van der Waals surface area contributed by atoms with Crippen LogP contribution >= 0.6 is 0 Å². The molecule has 0 spiro atoms. The van der Waals surface area contributed by atoms with E-state index in [1.807, 2.05) is 37.3 Å². The summed E-state index contributed by atoms with van der Waals surface area (Å²) in [6.45, 7) is 2.41. The third kappa shape index (κ3) is 1.90. The second kappa shape index (κ2) is 4.60. The monoisotopic (exact) mass is 237 g/mol. The Morgan fingerprint density at radius 1 is 1.33 bits per heavy atom. The lowest BCUT2D eigenvalue weighted by Gasteiger charge is -2.09. The summed E-state index contributed by atoms with van der Waals surface area (Å²) in [6, 6.07) is 9.54. The predicted molar refractivity (Wildman–Crippen MR) is 66.4 cm³/mol. The maximum Gasteiger partial charge on any atom is 0.176 e. The molecule has 0 radical (unpaired) electrons. The minimum absolute atomic E-state index is 0.152. The van der Waals surface area contributed by atoms with Gasteiger partial charge in [0.15, 0.2) is 11.4 Å². The first-order chi connectivity index (χ1) is 8.67. The maximum absolute atomic E-state index is 9.03. The maximum atomic E-state index is 9.03. The van der Waals surface area contributed by atoms with E-state index in [4.69, 9.17) is 16.3 Å². The van der Waals surface area contributed by atoms with Crippen molar-refractivity contribution in [1.29, 1.82) is 10.5 Å². The van der Waals surface area contributed by atoms with E-state index in [9.17, 15) is 0 Å². The molecule has 0 aliphatic carbocycles. The van der Waals surface area contributed by atoms with E-state index < -0.39 is 0 Å². The average molecular weight is 237 g/mol. The van der Waals surface area contributed by atoms with Gasteiger partial charge in [-0.3, -0.25) is 0 Å². The summed E-state index contributed by atoms with van der Waals surface area (Å²) >= 11 is 0. The average Bonchev–Trinajstić information content (AvgIpc) is 2.77. The van der Waals surface area contributed by atoms with Crippen LogP contribution in [0.3, 0.4) is 0 Å². The molecule has 18 heavy (non-hydrogen) atoms. The summed E-state index contributed by atoms with van der Waals surface area (Å²) in [6.07, 6.45) is 1.50. The zero-order valence-corrected chi connectivity index (χ0v) is 9.88. The van der Waals surface area contributed by atoms with E-state index in [-0.39, 0.29) is 11.4 Å². The zero-order valence-electron chi connectivity index (χ0n) is 9.88. The zero-order chi connectivity index (χ0) is 13.1. The third-order valence-electron chi connectivity index (χ3n) is 2.88. The Balaban J connectivity index is 2.42. The summed E-state index contributed by atoms with van der Waals surface area (Å²) < 4.78 is 1.65. The number of benzene rings is 1. The van der Waals surface area contributed by atoms with Crippen molar-refractivity contribution in [3.8, 4) is 12.1 Å². The highest BCUT2D eigenvalue weighted by Crippen LogP contribution is 2.17. The standard InChI is InChI=1S/C13H11N5/c1-9-10(3-2-4-11(9)16)7-18-8-17-12(5-14)13(18)6-15/h2-4,8H,7,16H2,1H3. The van der Waals surface area contributed by atoms with Crippen molar-refractivity contribution in [3.63, 3.8) is 0 Å². The smallest absolute Gasteiger partial charge is 0.176 e. The third-order valence-corrected chi connectivity index (χ3v) is 2.88. The van der Waals surface area contributed by atoms with Crippen molar-refractivity contribution in [2.45, 2.75) is 13.5 Å². The summed E-state index contributed by atoms with van der Waals surface area (Å²) in [4.78, 5) is 3.90. The Labute approximate surface area is 105 Å². The topological polar surface area (TPSA) is 91.4 Å². The molecule has 0 aliphatic rings. The summed E-state index contributed by atoms with van der Waals surface area (Å²) in [7, 11) is 0. The number of nitrogen functional groups attached to an aromatic ring is 1. The van der Waals surface area contributed by atoms with Crippen LogP contribution in [0.4, 0.5) is 5.69 Å². The van der Waals surface area contributed by atoms with E-state index in [1.54, 1.807) is 4.57 Å². The highest BCUT2D eigenvalue weighted by molar-refractivity contribution is 5.50. The van der Waals surface area contributed by atoms with Crippen LogP contribution in [0.5, 0.6) is 0 Å². The van der Waals surface area contributed by atoms with Crippen molar-refractivity contribution < 1.29 is 0 Å². The first-order valence-corrected chi connectivity index (χ1v) is 5.36. The fraction of sp³-hybridized carbons (Fsp3) is 0.154. The Morgan fingerprint density at radius 2 is 2.11 bits per heavy atom. The molecule has 0 saturated carbocycles. The number of nitriles is 2. The second-order valence-corrected chi connectivity index (χ2v) is 3.92. The minimum atomic E-state index is 0.152. The fourth-order valence-corrected chi connectivity index (χ4v) is 1.76. The van der Waals surface area contributed by atoms with Gasteiger partial charge in [0, 0.05) is 5.69 Å². The van der Waals surface area contributed by atoms with Crippen LogP contribution in [0.1, 0.15) is 22.5 Å². The first-order valence-electron chi connectivity index (χ1n) is 5.36. The van der Waals surface area contributed by atoms with Gasteiger partial charge in [0.2, 0.25) is 0 Å². The quantitative estimate of drug-likeness (QED) is 0.802. The molecule has 0 saturated heterocycles. The van der Waals surface area contributed by atoms with E-state index in [2.05, 4.69) is 4.98 Å². The number of nitrogens with two attached hydrogens (primary N) is 1. The number of imidazole rings is 1. The molecular formula is C13H11N5. The molecule has 5 nitrogen and oxygen atoms in total. The molecule has 0 atom stereocenters. The van der Waals surface area contributed by atoms with Crippen LogP contribution in [-0.4, -0.2) is 9.55 Å². The Hall–Kier alpha value is -2.79. The Kier molecular flexibility index (Phi) is 2.99. The lowest BCUT2D eigenvalue weighted by atomic mass is 10.1. The predicted octanol–water partition coefficient (Wildman–Crippen LogP) is 1.57. The van der Waals surface area contributed by atoms with Crippen molar-refractivity contribution in [2.24, 2.45) is 0 Å². The van der Waals surface area contributed by atoms with Crippen LogP contribution in [0.2, 0.25) is 0 Å². The number of aromatic nitrogens is 2. The van der Waals surface area contributed by atoms with E-state index >= 15 is 0 Å². The highest BCUT2D eigenvalue weighted by atomic mass is 15.1. The number of hydrogen-bond acceptors (Lipinski definition) is 4. The van der Waals surface area contributed by atoms with Crippen LogP contribution in [0.15, 0.2) is 24.5 Å². The van der Waals surface area contributed by atoms with Crippen molar-refractivity contribution in [3.05, 3.63) is 47.0 Å². The normalized spacial score (nSPS) is 9.72. The van der Waals surface area contributed by atoms with Gasteiger partial charge in [0.1, 0.15) is 12.1 Å². The van der Waals surface area contributed by atoms with Crippen molar-refractivity contribution in [2.75, 3.05) is 5.73 Å². The van der Waals surface area contributed by atoms with Crippen LogP contribution in [0, 0.1) is 29.6 Å². The molecule has 0 fully saturated rings. The van der Waals surface area contributed by atoms with E-state index in [0.29, 0.717) is 12.2 Å². The van der Waals surface area contributed by atoms with Gasteiger partial charge in [-0.05, 0) is 24.1 Å². The van der Waals surface area contributed by atoms with Gasteiger partial charge >= 0.3 is 0 Å². The van der Waals surface area contributed by atoms with Gasteiger partial charge in [-0.25, -0.2) is 4.98 Å². The largest absolute Gasteiger partial charge is 0.399 e. The number of anilines is 1. The molecule has 0 unspecified atom stereocenters. The molecule has 0 aliphatic heterocycles. The van der Waals surface area contributed by atoms with Crippen LogP contribution in [-0.2, 0) is 6.54 Å². The van der Waals surface area contributed by atoms with Crippen molar-refractivity contribution >= 4 is 5.69 Å². The number of rotatable bonds is 2. The molecular weight excluding hydrogens is 226 g/mol. The molecule has 1 aromatic heterocycles. The summed E-state index contributed by atoms with van der Waals surface area (Å²) in [5.74, 6) is 0. The summed E-state index contributed by atoms with van der Waals surface area (Å²) in [5, 5.41) is 17.9. The first kappa shape index (κ1) is 11.7. The molecule has 2 N–H and O–H groups in total. The lowest BCUT2D eigenvalue weighted by molar-refractivity contribution is 0.781. The number of hydrogen-bond donors (Lipinski definition) is 1. The molecule has 2 aromatic rings. The Morgan fingerprint density at radius 3 is 2.78 bits per heavy atom. The minimum Gasteiger partial charge on any atom is -0.399 e. The molecule has 88 valence electrons. The molecule has 5 heteroatoms. The second-order valence-electron chi connectivity index (χ2n) is 3.92. The van der Waals surface area contributed by atoms with Crippen LogP contribution < -0.4 is 5.73 Å². The van der Waals surface area contributed by atoms with Crippen LogP contribution in [0.25, 0.3) is 0 Å². The molecule has 0 bridgehead atoms. The highest BCUT2D eigenvalue weighted by Gasteiger charge is 2.11. The molecule has 2 rings (SSSR count). The van der Waals surface area contributed by atoms with E-state index in [1.165, 1.54) is 6.33 Å². The van der Waals surface area contributed by atoms with Gasteiger partial charge in [-0.15, -0.1) is 0 Å². The number of nitrogens with zero attached hydrogens (tertiary/aromatic N) is 4. The fourth-order valence-electron chi connectivity index (χ4n) is 1.76. The SMILES string of the molecule is Cc1c(N)cccc1Cn1cnc(C#N)c1C#N. The van der Waals surface area contributed by atoms with Gasteiger partial charge < -0.3 is 10.3 Å². The molecule has 0 amide bonds. The van der Waals surface area contributed by atoms with Gasteiger partial charge in [-0.2, -0.15) is 10.5 Å². The van der Waals surface area contributed by atoms with E-state index in [0.717, 1.165) is 11.1 Å². The van der Waals surface area contributed by atoms with Crippen molar-refractivity contribution in [1.82, 2.24) is 9.55 Å². The van der Waals surface area contributed by atoms with Gasteiger partial charge in [-0.1, -0.05) is 12.1 Å². The molecule has 1 aromatic carbocycles. The van der Waals surface area contributed by atoms with Gasteiger partial charge in [0.25, 0.3) is 0 Å².